The van der Waals surface area contributed by atoms with E-state index in [4.69, 9.17) is 0 Å². The summed E-state index contributed by atoms with van der Waals surface area (Å²) >= 11 is 0. The standard InChI is InChI=1S/C17H25N3O2/c21-13-16-12-20(17(22)14-4-6-18-7-5-14)11-15(16)10-19-8-2-1-3-9-19/h4-7,15-16,21H,1-3,8-13H2/t15-,16-/m0/s1. The molecular formula is C17H25N3O2. The molecule has 2 fully saturated rings. The second-order valence-electron chi connectivity index (χ2n) is 6.51. The molecule has 120 valence electrons. The summed E-state index contributed by atoms with van der Waals surface area (Å²) in [6, 6.07) is 3.52. The molecule has 0 radical (unpaired) electrons. The highest BCUT2D eigenvalue weighted by atomic mass is 16.3. The summed E-state index contributed by atoms with van der Waals surface area (Å²) in [6.07, 6.45) is 7.18. The smallest absolute Gasteiger partial charge is 0.253 e. The van der Waals surface area contributed by atoms with E-state index in [0.717, 1.165) is 26.2 Å². The van der Waals surface area contributed by atoms with Gasteiger partial charge in [0.15, 0.2) is 0 Å². The number of aromatic nitrogens is 1. The number of aliphatic hydroxyl groups excluding tert-OH is 1. The number of hydrogen-bond donors (Lipinski definition) is 1. The van der Waals surface area contributed by atoms with Crippen LogP contribution in [0.4, 0.5) is 0 Å². The lowest BCUT2D eigenvalue weighted by molar-refractivity contribution is 0.0778. The van der Waals surface area contributed by atoms with Crippen LogP contribution in [0, 0.1) is 11.8 Å². The summed E-state index contributed by atoms with van der Waals surface area (Å²) in [5.41, 5.74) is 0.685. The number of piperidine rings is 1. The lowest BCUT2D eigenvalue weighted by Gasteiger charge is -2.30. The van der Waals surface area contributed by atoms with E-state index in [1.54, 1.807) is 24.5 Å². The molecule has 0 spiro atoms. The van der Waals surface area contributed by atoms with Crippen LogP contribution in [0.5, 0.6) is 0 Å². The third-order valence-corrected chi connectivity index (χ3v) is 4.97. The van der Waals surface area contributed by atoms with Crippen LogP contribution >= 0.6 is 0 Å². The molecule has 3 heterocycles. The molecule has 0 aromatic carbocycles. The quantitative estimate of drug-likeness (QED) is 0.909. The van der Waals surface area contributed by atoms with Gasteiger partial charge in [0.05, 0.1) is 0 Å². The first-order chi connectivity index (χ1) is 10.8. The van der Waals surface area contributed by atoms with Crippen LogP contribution in [0.3, 0.4) is 0 Å². The normalized spacial score (nSPS) is 26.3. The van der Waals surface area contributed by atoms with Crippen molar-refractivity contribution < 1.29 is 9.90 Å². The first kappa shape index (κ1) is 15.4. The van der Waals surface area contributed by atoms with Gasteiger partial charge >= 0.3 is 0 Å². The van der Waals surface area contributed by atoms with Gasteiger partial charge in [-0.2, -0.15) is 0 Å². The highest BCUT2D eigenvalue weighted by Gasteiger charge is 2.36. The van der Waals surface area contributed by atoms with Gasteiger partial charge in [-0.15, -0.1) is 0 Å². The molecule has 3 rings (SSSR count). The maximum atomic E-state index is 12.5. The molecule has 2 aliphatic heterocycles. The Morgan fingerprint density at radius 3 is 2.50 bits per heavy atom. The molecule has 2 saturated heterocycles. The molecular weight excluding hydrogens is 278 g/mol. The van der Waals surface area contributed by atoms with Crippen LogP contribution in [-0.2, 0) is 0 Å². The topological polar surface area (TPSA) is 56.7 Å². The number of rotatable bonds is 4. The van der Waals surface area contributed by atoms with Gasteiger partial charge in [0, 0.05) is 50.1 Å². The fraction of sp³-hybridized carbons (Fsp3) is 0.647. The number of pyridine rings is 1. The zero-order valence-electron chi connectivity index (χ0n) is 13.0. The number of likely N-dealkylation sites (tertiary alicyclic amines) is 2. The fourth-order valence-corrected chi connectivity index (χ4v) is 3.67. The van der Waals surface area contributed by atoms with Crippen molar-refractivity contribution in [2.45, 2.75) is 19.3 Å². The minimum atomic E-state index is 0.0574. The van der Waals surface area contributed by atoms with Crippen LogP contribution in [0.1, 0.15) is 29.6 Å². The first-order valence-corrected chi connectivity index (χ1v) is 8.30. The maximum absolute atomic E-state index is 12.5. The van der Waals surface area contributed by atoms with Crippen LogP contribution in [0.15, 0.2) is 24.5 Å². The predicted octanol–water partition coefficient (Wildman–Crippen LogP) is 1.25. The Morgan fingerprint density at radius 2 is 1.82 bits per heavy atom. The Bertz CT molecular complexity index is 488. The molecule has 22 heavy (non-hydrogen) atoms. The summed E-state index contributed by atoms with van der Waals surface area (Å²) < 4.78 is 0. The number of carbonyl (C=O) groups is 1. The third kappa shape index (κ3) is 3.47. The van der Waals surface area contributed by atoms with Gasteiger partial charge in [0.25, 0.3) is 5.91 Å². The monoisotopic (exact) mass is 303 g/mol. The number of aliphatic hydroxyl groups is 1. The largest absolute Gasteiger partial charge is 0.396 e. The predicted molar refractivity (Wildman–Crippen MR) is 84.5 cm³/mol. The van der Waals surface area contributed by atoms with Crippen LogP contribution in [0.25, 0.3) is 0 Å². The number of amides is 1. The van der Waals surface area contributed by atoms with Gasteiger partial charge in [0.2, 0.25) is 0 Å². The van der Waals surface area contributed by atoms with E-state index >= 15 is 0 Å². The van der Waals surface area contributed by atoms with Crippen molar-refractivity contribution in [1.29, 1.82) is 0 Å². The molecule has 0 saturated carbocycles. The summed E-state index contributed by atoms with van der Waals surface area (Å²) in [6.45, 7) is 4.91. The Morgan fingerprint density at radius 1 is 1.14 bits per heavy atom. The van der Waals surface area contributed by atoms with E-state index in [1.165, 1.54) is 19.3 Å². The molecule has 0 bridgehead atoms. The number of hydrogen-bond acceptors (Lipinski definition) is 4. The highest BCUT2D eigenvalue weighted by Crippen LogP contribution is 2.26. The van der Waals surface area contributed by atoms with Gasteiger partial charge in [-0.1, -0.05) is 6.42 Å². The fourth-order valence-electron chi connectivity index (χ4n) is 3.67. The zero-order chi connectivity index (χ0) is 15.4. The van der Waals surface area contributed by atoms with Gasteiger partial charge < -0.3 is 14.9 Å². The highest BCUT2D eigenvalue weighted by molar-refractivity contribution is 5.94. The van der Waals surface area contributed by atoms with E-state index in [-0.39, 0.29) is 18.4 Å². The van der Waals surface area contributed by atoms with Gasteiger partial charge in [0.1, 0.15) is 0 Å². The molecule has 2 aliphatic rings. The van der Waals surface area contributed by atoms with Crippen LogP contribution in [0.2, 0.25) is 0 Å². The molecule has 1 amide bonds. The van der Waals surface area contributed by atoms with Crippen molar-refractivity contribution in [3.63, 3.8) is 0 Å². The Balaban J connectivity index is 1.62. The average Bonchev–Trinajstić information content (AvgIpc) is 2.99. The van der Waals surface area contributed by atoms with E-state index in [9.17, 15) is 9.90 Å². The zero-order valence-corrected chi connectivity index (χ0v) is 13.0. The Labute approximate surface area is 131 Å². The lowest BCUT2D eigenvalue weighted by atomic mass is 9.95. The lowest BCUT2D eigenvalue weighted by Crippen LogP contribution is -2.37. The Kier molecular flexibility index (Phi) is 5.05. The van der Waals surface area contributed by atoms with E-state index in [0.29, 0.717) is 18.0 Å². The second kappa shape index (κ2) is 7.20. The number of carbonyl (C=O) groups excluding carboxylic acids is 1. The molecule has 1 N–H and O–H groups in total. The van der Waals surface area contributed by atoms with E-state index in [1.807, 2.05) is 4.90 Å². The van der Waals surface area contributed by atoms with E-state index in [2.05, 4.69) is 9.88 Å². The number of nitrogens with zero attached hydrogens (tertiary/aromatic N) is 3. The molecule has 0 unspecified atom stereocenters. The maximum Gasteiger partial charge on any atom is 0.253 e. The molecule has 5 nitrogen and oxygen atoms in total. The van der Waals surface area contributed by atoms with Crippen molar-refractivity contribution in [2.24, 2.45) is 11.8 Å². The molecule has 1 aromatic rings. The molecule has 2 atom stereocenters. The van der Waals surface area contributed by atoms with Crippen molar-refractivity contribution in [3.8, 4) is 0 Å². The molecule has 5 heteroatoms. The van der Waals surface area contributed by atoms with Crippen molar-refractivity contribution in [1.82, 2.24) is 14.8 Å². The first-order valence-electron chi connectivity index (χ1n) is 8.30. The third-order valence-electron chi connectivity index (χ3n) is 4.97. The summed E-state index contributed by atoms with van der Waals surface area (Å²) in [5, 5.41) is 9.67. The summed E-state index contributed by atoms with van der Waals surface area (Å²) in [5.74, 6) is 0.642. The van der Waals surface area contributed by atoms with E-state index < -0.39 is 0 Å². The van der Waals surface area contributed by atoms with Crippen molar-refractivity contribution >= 4 is 5.91 Å². The van der Waals surface area contributed by atoms with Crippen molar-refractivity contribution in [2.75, 3.05) is 39.3 Å². The minimum absolute atomic E-state index is 0.0574. The molecule has 1 aromatic heterocycles. The van der Waals surface area contributed by atoms with Crippen molar-refractivity contribution in [3.05, 3.63) is 30.1 Å². The van der Waals surface area contributed by atoms with Gasteiger partial charge in [-0.3, -0.25) is 9.78 Å². The minimum Gasteiger partial charge on any atom is -0.396 e. The van der Waals surface area contributed by atoms with Gasteiger partial charge in [-0.25, -0.2) is 0 Å². The molecule has 0 aliphatic carbocycles. The Hall–Kier alpha value is -1.46. The van der Waals surface area contributed by atoms with Gasteiger partial charge in [-0.05, 0) is 44.0 Å². The average molecular weight is 303 g/mol. The van der Waals surface area contributed by atoms with Crippen LogP contribution < -0.4 is 0 Å². The summed E-state index contributed by atoms with van der Waals surface area (Å²) in [4.78, 5) is 20.9. The second-order valence-corrected chi connectivity index (χ2v) is 6.51. The van der Waals surface area contributed by atoms with Crippen LogP contribution in [-0.4, -0.2) is 65.1 Å². The summed E-state index contributed by atoms with van der Waals surface area (Å²) in [7, 11) is 0. The SMILES string of the molecule is O=C(c1ccncc1)N1C[C@@H](CO)[C@@H](CN2CCCCC2)C1.